The summed E-state index contributed by atoms with van der Waals surface area (Å²) in [6.45, 7) is 26.3. The Kier molecular flexibility index (Phi) is 12.5. The average molecular weight is 794 g/mol. The second-order valence-corrected chi connectivity index (χ2v) is 16.7. The van der Waals surface area contributed by atoms with Gasteiger partial charge >= 0.3 is 0 Å². The van der Waals surface area contributed by atoms with Crippen LogP contribution < -0.4 is 0 Å². The van der Waals surface area contributed by atoms with Crippen LogP contribution in [0.2, 0.25) is 0 Å². The summed E-state index contributed by atoms with van der Waals surface area (Å²) in [4.78, 5) is 3.15. The minimum Gasteiger partial charge on any atom is -0.505 e. The van der Waals surface area contributed by atoms with E-state index in [1.165, 1.54) is 11.1 Å². The molecule has 9 heteroatoms. The molecule has 0 amide bonds. The smallest absolute Gasteiger partial charge is 0.146 e. The van der Waals surface area contributed by atoms with E-state index < -0.39 is 0 Å². The fraction of sp³-hybridized carbons (Fsp3) is 0.455. The quantitative estimate of drug-likeness (QED) is 0.143. The van der Waals surface area contributed by atoms with Crippen LogP contribution in [0.3, 0.4) is 0 Å². The predicted octanol–water partition coefficient (Wildman–Crippen LogP) is 11.0. The maximum atomic E-state index is 11.1. The van der Waals surface area contributed by atoms with E-state index in [4.69, 9.17) is 0 Å². The minimum absolute atomic E-state index is 0. The van der Waals surface area contributed by atoms with Crippen LogP contribution in [0.5, 0.6) is 11.5 Å². The molecule has 0 unspecified atom stereocenters. The minimum atomic E-state index is -0.134. The zero-order valence-corrected chi connectivity index (χ0v) is 36.3. The first-order chi connectivity index (χ1) is 24.4. The van der Waals surface area contributed by atoms with Crippen molar-refractivity contribution in [1.29, 1.82) is 0 Å². The fourth-order valence-electron chi connectivity index (χ4n) is 6.08. The van der Waals surface area contributed by atoms with Gasteiger partial charge in [0, 0.05) is 37.3 Å². The molecule has 2 heterocycles. The summed E-state index contributed by atoms with van der Waals surface area (Å²) in [5.41, 5.74) is 8.64. The number of rotatable bonds is 10. The van der Waals surface area contributed by atoms with Gasteiger partial charge in [-0.05, 0) is 94.9 Å². The number of phenolic OH excluding ortho intramolecular Hbond substituents is 2. The van der Waals surface area contributed by atoms with E-state index in [1.807, 2.05) is 60.7 Å². The SMILES string of the molecule is CCC(C)(C)c1cc(-n2nc3ccccc3n2)c(O)c(C(C)(C)CC)c1.CCC(C)(C)c1cc(-n2nc3ccccc3n2)c(O)c(C(C)(C)CC)c1.[Zr]. The Labute approximate surface area is 335 Å². The van der Waals surface area contributed by atoms with E-state index >= 15 is 0 Å². The van der Waals surface area contributed by atoms with Crippen LogP contribution in [0.15, 0.2) is 72.8 Å². The molecule has 0 saturated heterocycles. The van der Waals surface area contributed by atoms with Gasteiger partial charge in [-0.3, -0.25) is 0 Å². The van der Waals surface area contributed by atoms with Gasteiger partial charge in [0.2, 0.25) is 0 Å². The molecule has 0 aliphatic heterocycles. The molecule has 0 bridgehead atoms. The first-order valence-corrected chi connectivity index (χ1v) is 18.8. The first kappa shape index (κ1) is 41.9. The Balaban J connectivity index is 0.000000232. The van der Waals surface area contributed by atoms with Crippen LogP contribution in [0.4, 0.5) is 0 Å². The molecular weight excluding hydrogens is 736 g/mol. The topological polar surface area (TPSA) is 102 Å². The van der Waals surface area contributed by atoms with Crippen LogP contribution >= 0.6 is 0 Å². The van der Waals surface area contributed by atoms with E-state index in [0.29, 0.717) is 11.4 Å². The van der Waals surface area contributed by atoms with Crippen molar-refractivity contribution in [3.8, 4) is 22.9 Å². The van der Waals surface area contributed by atoms with E-state index in [-0.39, 0.29) is 59.4 Å². The summed E-state index contributed by atoms with van der Waals surface area (Å²) in [7, 11) is 0. The van der Waals surface area contributed by atoms with Gasteiger partial charge in [-0.2, -0.15) is 0 Å². The van der Waals surface area contributed by atoms with Crippen molar-refractivity contribution in [2.75, 3.05) is 0 Å². The van der Waals surface area contributed by atoms with Gasteiger partial charge in [-0.15, -0.1) is 30.0 Å². The van der Waals surface area contributed by atoms with Gasteiger partial charge in [-0.1, -0.05) is 119 Å². The van der Waals surface area contributed by atoms with Crippen LogP contribution in [-0.2, 0) is 47.9 Å². The van der Waals surface area contributed by atoms with Crippen molar-refractivity contribution in [3.05, 3.63) is 95.1 Å². The maximum Gasteiger partial charge on any atom is 0.146 e. The summed E-state index contributed by atoms with van der Waals surface area (Å²) in [6.07, 6.45) is 3.89. The van der Waals surface area contributed by atoms with E-state index in [2.05, 4.69) is 116 Å². The van der Waals surface area contributed by atoms with Crippen molar-refractivity contribution in [2.45, 2.75) is 130 Å². The Morgan fingerprint density at radius 2 is 0.717 bits per heavy atom. The van der Waals surface area contributed by atoms with Crippen LogP contribution in [0.25, 0.3) is 33.4 Å². The number of phenols is 2. The Morgan fingerprint density at radius 3 is 0.962 bits per heavy atom. The number of hydrogen-bond donors (Lipinski definition) is 2. The molecule has 8 nitrogen and oxygen atoms in total. The van der Waals surface area contributed by atoms with Gasteiger partial charge in [0.25, 0.3) is 0 Å². The average Bonchev–Trinajstić information content (AvgIpc) is 3.76. The predicted molar refractivity (Wildman–Crippen MR) is 214 cm³/mol. The Bertz CT molecular complexity index is 1970. The Morgan fingerprint density at radius 1 is 0.453 bits per heavy atom. The first-order valence-electron chi connectivity index (χ1n) is 18.8. The zero-order valence-electron chi connectivity index (χ0n) is 33.8. The second-order valence-electron chi connectivity index (χ2n) is 16.7. The van der Waals surface area contributed by atoms with Crippen LogP contribution in [-0.4, -0.2) is 40.2 Å². The number of fused-ring (bicyclic) bond motifs is 2. The molecule has 0 spiro atoms. The summed E-state index contributed by atoms with van der Waals surface area (Å²) in [5.74, 6) is 0.542. The molecule has 4 aromatic carbocycles. The van der Waals surface area contributed by atoms with Gasteiger partial charge < -0.3 is 10.2 Å². The molecule has 53 heavy (non-hydrogen) atoms. The number of nitrogens with zero attached hydrogens (tertiary/aromatic N) is 6. The summed E-state index contributed by atoms with van der Waals surface area (Å²) < 4.78 is 0. The molecular formula is C44H58N6O2Zr. The second kappa shape index (κ2) is 15.9. The van der Waals surface area contributed by atoms with Crippen LogP contribution in [0.1, 0.15) is 131 Å². The number of benzene rings is 4. The molecule has 2 N–H and O–H groups in total. The van der Waals surface area contributed by atoms with Crippen molar-refractivity contribution in [2.24, 2.45) is 0 Å². The molecule has 6 aromatic rings. The van der Waals surface area contributed by atoms with E-state index in [1.54, 1.807) is 9.59 Å². The monoisotopic (exact) mass is 792 g/mol. The van der Waals surface area contributed by atoms with E-state index in [0.717, 1.165) is 58.9 Å². The fourth-order valence-corrected chi connectivity index (χ4v) is 6.08. The molecule has 0 atom stereocenters. The molecule has 0 aliphatic carbocycles. The standard InChI is InChI=1S/2C22H29N3O.Zr/c2*1-7-21(3,4)15-13-16(22(5,6)8-2)20(26)19(14-15)25-23-17-11-9-10-12-18(17)24-25;/h2*9-14,26H,7-8H2,1-6H3;. The normalized spacial score (nSPS) is 12.5. The summed E-state index contributed by atoms with van der Waals surface area (Å²) in [5, 5.41) is 40.5. The molecule has 0 saturated carbocycles. The zero-order chi connectivity index (χ0) is 38.2. The van der Waals surface area contributed by atoms with Crippen molar-refractivity contribution < 1.29 is 36.4 Å². The van der Waals surface area contributed by atoms with Crippen molar-refractivity contribution >= 4 is 22.1 Å². The maximum absolute atomic E-state index is 11.1. The van der Waals surface area contributed by atoms with Crippen molar-refractivity contribution in [1.82, 2.24) is 30.0 Å². The van der Waals surface area contributed by atoms with Gasteiger partial charge in [0.1, 0.15) is 44.9 Å². The van der Waals surface area contributed by atoms with Gasteiger partial charge in [0.15, 0.2) is 0 Å². The molecule has 0 fully saturated rings. The molecule has 6 rings (SSSR count). The largest absolute Gasteiger partial charge is 0.505 e. The molecule has 0 radical (unpaired) electrons. The van der Waals surface area contributed by atoms with Gasteiger partial charge in [0.05, 0.1) is 0 Å². The summed E-state index contributed by atoms with van der Waals surface area (Å²) >= 11 is 0. The third kappa shape index (κ3) is 8.46. The third-order valence-corrected chi connectivity index (χ3v) is 11.7. The molecule has 280 valence electrons. The third-order valence-electron chi connectivity index (χ3n) is 11.7. The summed E-state index contributed by atoms with van der Waals surface area (Å²) in [6, 6.07) is 23.9. The molecule has 0 aliphatic rings. The molecule has 2 aromatic heterocycles. The Hall–Kier alpha value is -3.84. The van der Waals surface area contributed by atoms with E-state index in [9.17, 15) is 10.2 Å². The number of hydrogen-bond acceptors (Lipinski definition) is 6. The van der Waals surface area contributed by atoms with Crippen LogP contribution in [0, 0.1) is 0 Å². The number of aromatic nitrogens is 6. The van der Waals surface area contributed by atoms with Gasteiger partial charge in [-0.25, -0.2) is 0 Å². The van der Waals surface area contributed by atoms with Crippen molar-refractivity contribution in [3.63, 3.8) is 0 Å². The number of aromatic hydroxyl groups is 2.